The molecule has 0 saturated heterocycles. The van der Waals surface area contributed by atoms with E-state index in [1.807, 2.05) is 18.2 Å². The second kappa shape index (κ2) is 11.2. The summed E-state index contributed by atoms with van der Waals surface area (Å²) in [5, 5.41) is 9.56. The first-order valence-electron chi connectivity index (χ1n) is 11.5. The topological polar surface area (TPSA) is 82.6 Å². The van der Waals surface area contributed by atoms with Gasteiger partial charge < -0.3 is 16.0 Å². The number of nitrogens with zero attached hydrogens (tertiary/aromatic N) is 1. The number of benzene rings is 2. The Hall–Kier alpha value is -3.29. The summed E-state index contributed by atoms with van der Waals surface area (Å²) in [6.07, 6.45) is 3.16. The Morgan fingerprint density at radius 2 is 1.50 bits per heavy atom. The number of hydrogen-bond acceptors (Lipinski definition) is 2. The Balaban J connectivity index is 1.61. The van der Waals surface area contributed by atoms with Crippen LogP contribution in [0.2, 0.25) is 0 Å². The Bertz CT molecular complexity index is 1030. The number of guanidine groups is 1. The van der Waals surface area contributed by atoms with Crippen LogP contribution in [0.15, 0.2) is 53.5 Å². The third-order valence-electron chi connectivity index (χ3n) is 5.61. The van der Waals surface area contributed by atoms with Crippen LogP contribution in [0.25, 0.3) is 0 Å². The molecule has 1 saturated carbocycles. The van der Waals surface area contributed by atoms with Crippen molar-refractivity contribution < 1.29 is 18.4 Å². The van der Waals surface area contributed by atoms with Gasteiger partial charge in [0.2, 0.25) is 0 Å². The van der Waals surface area contributed by atoms with Gasteiger partial charge in [0.15, 0.2) is 17.6 Å². The summed E-state index contributed by atoms with van der Waals surface area (Å²) in [6, 6.07) is 12.2. The van der Waals surface area contributed by atoms with E-state index in [4.69, 9.17) is 0 Å². The Morgan fingerprint density at radius 3 is 2.09 bits per heavy atom. The summed E-state index contributed by atoms with van der Waals surface area (Å²) in [5.74, 6) is -2.54. The number of hydrogen-bond donors (Lipinski definition) is 3. The highest BCUT2D eigenvalue weighted by molar-refractivity contribution is 6.02. The zero-order valence-corrected chi connectivity index (χ0v) is 19.8. The van der Waals surface area contributed by atoms with Crippen LogP contribution in [-0.2, 0) is 0 Å². The molecule has 3 rings (SSSR count). The zero-order chi connectivity index (χ0) is 24.7. The number of rotatable bonds is 5. The molecular weight excluding hydrogens is 438 g/mol. The molecule has 1 aliphatic carbocycles. The van der Waals surface area contributed by atoms with Crippen LogP contribution in [0, 0.1) is 17.0 Å². The van der Waals surface area contributed by atoms with Crippen molar-refractivity contribution in [1.82, 2.24) is 16.0 Å². The van der Waals surface area contributed by atoms with Crippen molar-refractivity contribution in [2.45, 2.75) is 58.5 Å². The van der Waals surface area contributed by atoms with Gasteiger partial charge in [0.1, 0.15) is 0 Å². The van der Waals surface area contributed by atoms with Gasteiger partial charge in [0, 0.05) is 29.8 Å². The van der Waals surface area contributed by atoms with Crippen LogP contribution in [0.3, 0.4) is 0 Å². The van der Waals surface area contributed by atoms with E-state index in [1.165, 1.54) is 6.07 Å². The molecule has 0 aromatic heterocycles. The van der Waals surface area contributed by atoms with Crippen LogP contribution in [-0.4, -0.2) is 36.4 Å². The maximum absolute atomic E-state index is 13.6. The molecule has 0 spiro atoms. The third-order valence-corrected chi connectivity index (χ3v) is 5.61. The molecule has 3 N–H and O–H groups in total. The van der Waals surface area contributed by atoms with Gasteiger partial charge in [0.05, 0.1) is 0 Å². The second-order valence-corrected chi connectivity index (χ2v) is 9.84. The second-order valence-electron chi connectivity index (χ2n) is 9.84. The van der Waals surface area contributed by atoms with E-state index < -0.39 is 17.5 Å². The molecule has 0 bridgehead atoms. The fourth-order valence-corrected chi connectivity index (χ4v) is 3.70. The first-order chi connectivity index (χ1) is 16.1. The SMILES string of the molecule is CC(C)(C)CN/C(=N/C(=O)c1ccc(F)c(F)c1)N[C@H]1CC[C@H](NC(=O)c2ccccc2)CC1. The van der Waals surface area contributed by atoms with Gasteiger partial charge in [-0.3, -0.25) is 9.59 Å². The smallest absolute Gasteiger partial charge is 0.280 e. The monoisotopic (exact) mass is 470 g/mol. The zero-order valence-electron chi connectivity index (χ0n) is 19.8. The van der Waals surface area contributed by atoms with Gasteiger partial charge in [0.25, 0.3) is 11.8 Å². The molecule has 8 heteroatoms. The Labute approximate surface area is 199 Å². The lowest BCUT2D eigenvalue weighted by molar-refractivity contribution is 0.0923. The van der Waals surface area contributed by atoms with Crippen molar-refractivity contribution in [3.8, 4) is 0 Å². The normalized spacial score (nSPS) is 18.8. The highest BCUT2D eigenvalue weighted by Crippen LogP contribution is 2.20. The molecule has 0 heterocycles. The molecule has 0 radical (unpaired) electrons. The summed E-state index contributed by atoms with van der Waals surface area (Å²) in [6.45, 7) is 6.71. The largest absolute Gasteiger partial charge is 0.355 e. The average Bonchev–Trinajstić information content (AvgIpc) is 2.80. The van der Waals surface area contributed by atoms with Crippen molar-refractivity contribution in [3.63, 3.8) is 0 Å². The Kier molecular flexibility index (Phi) is 8.36. The van der Waals surface area contributed by atoms with Crippen LogP contribution in [0.4, 0.5) is 8.78 Å². The van der Waals surface area contributed by atoms with Crippen molar-refractivity contribution in [3.05, 3.63) is 71.3 Å². The number of carbonyl (C=O) groups excluding carboxylic acids is 2. The molecule has 6 nitrogen and oxygen atoms in total. The Morgan fingerprint density at radius 1 is 0.882 bits per heavy atom. The van der Waals surface area contributed by atoms with E-state index in [1.54, 1.807) is 12.1 Å². The number of amides is 2. The fraction of sp³-hybridized carbons (Fsp3) is 0.423. The van der Waals surface area contributed by atoms with E-state index in [0.29, 0.717) is 18.1 Å². The van der Waals surface area contributed by atoms with Crippen molar-refractivity contribution in [2.75, 3.05) is 6.54 Å². The standard InChI is InChI=1S/C26H32F2N4O2/c1-26(2,3)16-29-25(32-24(34)18-9-14-21(27)22(28)15-18)31-20-12-10-19(11-13-20)30-23(33)17-7-5-4-6-8-17/h4-9,14-15,19-20H,10-13,16H2,1-3H3,(H,30,33)(H2,29,31,32,34)/t19-,20-. The lowest BCUT2D eigenvalue weighted by atomic mass is 9.91. The summed E-state index contributed by atoms with van der Waals surface area (Å²) in [7, 11) is 0. The van der Waals surface area contributed by atoms with Crippen LogP contribution in [0.1, 0.15) is 67.2 Å². The van der Waals surface area contributed by atoms with E-state index in [-0.39, 0.29) is 29.0 Å². The average molecular weight is 471 g/mol. The molecular formula is C26H32F2N4O2. The van der Waals surface area contributed by atoms with E-state index in [9.17, 15) is 18.4 Å². The fourth-order valence-electron chi connectivity index (χ4n) is 3.70. The molecule has 0 atom stereocenters. The molecule has 0 aliphatic heterocycles. The van der Waals surface area contributed by atoms with Gasteiger partial charge in [-0.15, -0.1) is 0 Å². The van der Waals surface area contributed by atoms with E-state index in [2.05, 4.69) is 41.7 Å². The minimum Gasteiger partial charge on any atom is -0.355 e. The molecule has 2 aromatic carbocycles. The maximum atomic E-state index is 13.6. The van der Waals surface area contributed by atoms with Crippen LogP contribution in [0.5, 0.6) is 0 Å². The van der Waals surface area contributed by atoms with Crippen molar-refractivity contribution in [1.29, 1.82) is 0 Å². The first kappa shape index (κ1) is 25.3. The number of carbonyl (C=O) groups is 2. The maximum Gasteiger partial charge on any atom is 0.280 e. The number of aliphatic imine (C=N–C) groups is 1. The summed E-state index contributed by atoms with van der Waals surface area (Å²) in [4.78, 5) is 29.1. The lowest BCUT2D eigenvalue weighted by Crippen LogP contribution is -2.49. The summed E-state index contributed by atoms with van der Waals surface area (Å²) in [5.41, 5.74) is 0.551. The van der Waals surface area contributed by atoms with Gasteiger partial charge in [-0.05, 0) is 61.4 Å². The molecule has 34 heavy (non-hydrogen) atoms. The predicted octanol–water partition coefficient (Wildman–Crippen LogP) is 4.43. The number of nitrogens with one attached hydrogen (secondary N) is 3. The van der Waals surface area contributed by atoms with Crippen molar-refractivity contribution >= 4 is 17.8 Å². The highest BCUT2D eigenvalue weighted by Gasteiger charge is 2.24. The van der Waals surface area contributed by atoms with Gasteiger partial charge >= 0.3 is 0 Å². The predicted molar refractivity (Wildman–Crippen MR) is 129 cm³/mol. The molecule has 2 amide bonds. The molecule has 1 aliphatic rings. The van der Waals surface area contributed by atoms with Crippen molar-refractivity contribution in [2.24, 2.45) is 10.4 Å². The molecule has 2 aromatic rings. The van der Waals surface area contributed by atoms with Crippen LogP contribution >= 0.6 is 0 Å². The molecule has 182 valence electrons. The highest BCUT2D eigenvalue weighted by atomic mass is 19.2. The molecule has 1 fully saturated rings. The minimum atomic E-state index is -1.09. The summed E-state index contributed by atoms with van der Waals surface area (Å²) < 4.78 is 26.8. The van der Waals surface area contributed by atoms with Gasteiger partial charge in [-0.25, -0.2) is 8.78 Å². The quantitative estimate of drug-likeness (QED) is 0.446. The summed E-state index contributed by atoms with van der Waals surface area (Å²) >= 11 is 0. The van der Waals surface area contributed by atoms with Gasteiger partial charge in [-0.2, -0.15) is 4.99 Å². The van der Waals surface area contributed by atoms with Crippen LogP contribution < -0.4 is 16.0 Å². The molecule has 0 unspecified atom stereocenters. The lowest BCUT2D eigenvalue weighted by Gasteiger charge is -2.31. The van der Waals surface area contributed by atoms with Gasteiger partial charge in [-0.1, -0.05) is 39.0 Å². The van der Waals surface area contributed by atoms with E-state index in [0.717, 1.165) is 37.8 Å². The third kappa shape index (κ3) is 7.64. The minimum absolute atomic E-state index is 0.0249. The first-order valence-corrected chi connectivity index (χ1v) is 11.5. The van der Waals surface area contributed by atoms with E-state index >= 15 is 0 Å². The number of halogens is 2.